The van der Waals surface area contributed by atoms with Crippen LogP contribution in [0.5, 0.6) is 0 Å². The Hall–Kier alpha value is -0.580. The first-order chi connectivity index (χ1) is 6.35. The number of rotatable bonds is 1. The third-order valence-corrected chi connectivity index (χ3v) is 3.95. The maximum absolute atomic E-state index is 11.3. The van der Waals surface area contributed by atoms with Gasteiger partial charge in [0.15, 0.2) is 0 Å². The smallest absolute Gasteiger partial charge is 0.248 e. The van der Waals surface area contributed by atoms with Gasteiger partial charge in [-0.2, -0.15) is 0 Å². The Morgan fingerprint density at radius 1 is 1.21 bits per heavy atom. The second-order valence-corrected chi connectivity index (χ2v) is 5.44. The zero-order valence-corrected chi connectivity index (χ0v) is 9.45. The van der Waals surface area contributed by atoms with E-state index in [2.05, 4.69) is 0 Å². The first kappa shape index (κ1) is 11.5. The van der Waals surface area contributed by atoms with Crippen LogP contribution in [-0.2, 0) is 14.6 Å². The molecule has 14 heavy (non-hydrogen) atoms. The predicted molar refractivity (Wildman–Crippen MR) is 54.3 cm³/mol. The maximum Gasteiger partial charge on any atom is 0.248 e. The highest BCUT2D eigenvalue weighted by atomic mass is 35.5. The van der Waals surface area contributed by atoms with Crippen molar-refractivity contribution in [1.29, 1.82) is 0 Å². The summed E-state index contributed by atoms with van der Waals surface area (Å²) in [5.74, 6) is 0. The summed E-state index contributed by atoms with van der Waals surface area (Å²) < 4.78 is 22.7. The second-order valence-electron chi connectivity index (χ2n) is 2.57. The molecule has 0 atom stereocenters. The van der Waals surface area contributed by atoms with Crippen LogP contribution < -0.4 is 0 Å². The first-order valence-electron chi connectivity index (χ1n) is 3.56. The van der Waals surface area contributed by atoms with Gasteiger partial charge in [0.1, 0.15) is 0 Å². The molecule has 0 unspecified atom stereocenters. The topological polar surface area (TPSA) is 51.2 Å². The lowest BCUT2D eigenvalue weighted by Crippen LogP contribution is -2.10. The number of halogens is 2. The molecular weight excluding hydrogens is 247 g/mol. The molecule has 0 saturated carbocycles. The van der Waals surface area contributed by atoms with Crippen LogP contribution in [0.1, 0.15) is 6.92 Å². The normalized spacial score (nSPS) is 11.4. The lowest BCUT2D eigenvalue weighted by Gasteiger charge is -2.01. The number of sulfone groups is 1. The molecule has 76 valence electrons. The van der Waals surface area contributed by atoms with Crippen LogP contribution >= 0.6 is 23.2 Å². The summed E-state index contributed by atoms with van der Waals surface area (Å²) in [5, 5.41) is -0.570. The Balaban J connectivity index is 3.36. The van der Waals surface area contributed by atoms with E-state index in [1.54, 1.807) is 0 Å². The Labute approximate surface area is 91.6 Å². The zero-order valence-electron chi connectivity index (χ0n) is 7.12. The van der Waals surface area contributed by atoms with E-state index in [1.807, 2.05) is 0 Å². The van der Waals surface area contributed by atoms with Crippen LogP contribution in [0.25, 0.3) is 0 Å². The van der Waals surface area contributed by atoms with E-state index in [-0.39, 0.29) is 14.9 Å². The molecular formula is C8H6Cl2O3S. The van der Waals surface area contributed by atoms with Crippen LogP contribution in [-0.4, -0.2) is 13.5 Å². The van der Waals surface area contributed by atoms with E-state index in [0.717, 1.165) is 13.0 Å². The highest BCUT2D eigenvalue weighted by molar-refractivity contribution is 8.06. The summed E-state index contributed by atoms with van der Waals surface area (Å²) in [6.45, 7) is 0.984. The highest BCUT2D eigenvalue weighted by Crippen LogP contribution is 2.25. The molecule has 1 aromatic rings. The molecule has 3 nitrogen and oxygen atoms in total. The summed E-state index contributed by atoms with van der Waals surface area (Å²) in [5.41, 5.74) is 0. The lowest BCUT2D eigenvalue weighted by atomic mass is 10.4. The van der Waals surface area contributed by atoms with Crippen molar-refractivity contribution in [3.8, 4) is 0 Å². The van der Waals surface area contributed by atoms with Gasteiger partial charge in [-0.1, -0.05) is 23.2 Å². The van der Waals surface area contributed by atoms with Crippen molar-refractivity contribution in [2.75, 3.05) is 0 Å². The molecule has 0 aliphatic rings. The minimum atomic E-state index is -3.90. The van der Waals surface area contributed by atoms with Gasteiger partial charge in [-0.3, -0.25) is 4.79 Å². The number of hydrogen-bond acceptors (Lipinski definition) is 3. The van der Waals surface area contributed by atoms with Crippen LogP contribution in [0.3, 0.4) is 0 Å². The predicted octanol–water partition coefficient (Wildman–Crippen LogP) is 2.31. The molecule has 0 bridgehead atoms. The summed E-state index contributed by atoms with van der Waals surface area (Å²) in [7, 11) is -3.90. The van der Waals surface area contributed by atoms with Gasteiger partial charge in [0, 0.05) is 6.92 Å². The molecule has 0 spiro atoms. The van der Waals surface area contributed by atoms with E-state index in [1.165, 1.54) is 12.1 Å². The van der Waals surface area contributed by atoms with E-state index in [9.17, 15) is 13.2 Å². The number of hydrogen-bond donors (Lipinski definition) is 0. The summed E-state index contributed by atoms with van der Waals surface area (Å²) >= 11 is 11.2. The van der Waals surface area contributed by atoms with Crippen molar-refractivity contribution in [3.63, 3.8) is 0 Å². The van der Waals surface area contributed by atoms with Gasteiger partial charge in [0.05, 0.1) is 14.9 Å². The Morgan fingerprint density at radius 2 is 1.79 bits per heavy atom. The zero-order chi connectivity index (χ0) is 10.9. The van der Waals surface area contributed by atoms with Crippen molar-refractivity contribution in [2.24, 2.45) is 0 Å². The molecule has 6 heteroatoms. The summed E-state index contributed by atoms with van der Waals surface area (Å²) in [6.07, 6.45) is 0. The van der Waals surface area contributed by atoms with Gasteiger partial charge in [0.2, 0.25) is 15.0 Å². The molecule has 0 saturated heterocycles. The first-order valence-corrected chi connectivity index (χ1v) is 5.80. The van der Waals surface area contributed by atoms with Gasteiger partial charge in [-0.15, -0.1) is 0 Å². The molecule has 0 fully saturated rings. The van der Waals surface area contributed by atoms with Crippen molar-refractivity contribution in [1.82, 2.24) is 0 Å². The number of carbonyl (C=O) groups is 1. The maximum atomic E-state index is 11.3. The minimum Gasteiger partial charge on any atom is -0.282 e. The highest BCUT2D eigenvalue weighted by Gasteiger charge is 2.20. The fourth-order valence-electron chi connectivity index (χ4n) is 0.810. The van der Waals surface area contributed by atoms with E-state index < -0.39 is 15.0 Å². The standard InChI is InChI=1S/C8H6Cl2O3S/c1-5(11)14(12,13)6-2-3-7(9)8(10)4-6/h2-4H,1H3. The van der Waals surface area contributed by atoms with Gasteiger partial charge in [0.25, 0.3) is 0 Å². The number of carbonyl (C=O) groups excluding carboxylic acids is 1. The molecule has 1 rings (SSSR count). The average molecular weight is 253 g/mol. The van der Waals surface area contributed by atoms with Crippen molar-refractivity contribution >= 4 is 38.2 Å². The largest absolute Gasteiger partial charge is 0.282 e. The van der Waals surface area contributed by atoms with Crippen molar-refractivity contribution < 1.29 is 13.2 Å². The summed E-state index contributed by atoms with van der Waals surface area (Å²) in [4.78, 5) is 10.7. The fraction of sp³-hybridized carbons (Fsp3) is 0.125. The minimum absolute atomic E-state index is 0.106. The Morgan fingerprint density at radius 3 is 2.21 bits per heavy atom. The number of benzene rings is 1. The van der Waals surface area contributed by atoms with Gasteiger partial charge in [-0.25, -0.2) is 8.42 Å². The third kappa shape index (κ3) is 2.08. The third-order valence-electron chi connectivity index (χ3n) is 1.58. The van der Waals surface area contributed by atoms with E-state index >= 15 is 0 Å². The Bertz CT molecular complexity index is 479. The van der Waals surface area contributed by atoms with Crippen LogP contribution in [0.4, 0.5) is 0 Å². The Kier molecular flexibility index (Phi) is 3.19. The van der Waals surface area contributed by atoms with Gasteiger partial charge >= 0.3 is 0 Å². The molecule has 0 N–H and O–H groups in total. The van der Waals surface area contributed by atoms with Crippen LogP contribution in [0.15, 0.2) is 23.1 Å². The molecule has 0 heterocycles. The SMILES string of the molecule is CC(=O)S(=O)(=O)c1ccc(Cl)c(Cl)c1. The monoisotopic (exact) mass is 252 g/mol. The lowest BCUT2D eigenvalue weighted by molar-refractivity contribution is -0.109. The molecule has 0 aromatic heterocycles. The van der Waals surface area contributed by atoms with Crippen LogP contribution in [0.2, 0.25) is 10.0 Å². The van der Waals surface area contributed by atoms with Crippen molar-refractivity contribution in [2.45, 2.75) is 11.8 Å². The average Bonchev–Trinajstić information content (AvgIpc) is 2.09. The molecule has 0 aliphatic heterocycles. The quantitative estimate of drug-likeness (QED) is 0.771. The molecule has 1 aromatic carbocycles. The van der Waals surface area contributed by atoms with Crippen molar-refractivity contribution in [3.05, 3.63) is 28.2 Å². The second kappa shape index (κ2) is 3.88. The fourth-order valence-corrected chi connectivity index (χ4v) is 2.02. The van der Waals surface area contributed by atoms with Gasteiger partial charge < -0.3 is 0 Å². The molecule has 0 aliphatic carbocycles. The van der Waals surface area contributed by atoms with Gasteiger partial charge in [-0.05, 0) is 18.2 Å². The summed E-state index contributed by atoms with van der Waals surface area (Å²) in [6, 6.07) is 3.73. The van der Waals surface area contributed by atoms with Crippen LogP contribution in [0, 0.1) is 0 Å². The van der Waals surface area contributed by atoms with E-state index in [4.69, 9.17) is 23.2 Å². The molecule has 0 radical (unpaired) electrons. The van der Waals surface area contributed by atoms with E-state index in [0.29, 0.717) is 0 Å². The molecule has 0 amide bonds.